The molecule has 1 aromatic rings. The average Bonchev–Trinajstić information content (AvgIpc) is 2.67. The zero-order valence-electron chi connectivity index (χ0n) is 10.4. The summed E-state index contributed by atoms with van der Waals surface area (Å²) in [4.78, 5) is 12.1. The summed E-state index contributed by atoms with van der Waals surface area (Å²) in [7, 11) is 0. The molecule has 0 atom stereocenters. The van der Waals surface area contributed by atoms with Crippen molar-refractivity contribution >= 4 is 34.7 Å². The Bertz CT molecular complexity index is 557. The number of esters is 1. The molecule has 1 aliphatic heterocycles. The van der Waals surface area contributed by atoms with Crippen molar-refractivity contribution in [1.29, 1.82) is 0 Å². The first-order valence-electron chi connectivity index (χ1n) is 6.51. The van der Waals surface area contributed by atoms with Crippen molar-refractivity contribution in [3.63, 3.8) is 0 Å². The van der Waals surface area contributed by atoms with E-state index in [9.17, 15) is 4.79 Å². The molecular formula is C15H14Cl2O2. The van der Waals surface area contributed by atoms with E-state index in [-0.39, 0.29) is 5.97 Å². The molecular weight excluding hydrogens is 283 g/mol. The van der Waals surface area contributed by atoms with Gasteiger partial charge in [-0.15, -0.1) is 0 Å². The van der Waals surface area contributed by atoms with Crippen LogP contribution >= 0.6 is 23.2 Å². The highest BCUT2D eigenvalue weighted by molar-refractivity contribution is 6.37. The standard InChI is InChI=1S/C15H14Cl2O2/c16-10-4-5-11(13(17)8-10)12-9-15(19-14(12)18)6-2-1-3-7-15/h4-5,8-9H,1-3,6-7H2. The van der Waals surface area contributed by atoms with Gasteiger partial charge >= 0.3 is 5.97 Å². The van der Waals surface area contributed by atoms with Gasteiger partial charge in [-0.25, -0.2) is 4.79 Å². The quantitative estimate of drug-likeness (QED) is 0.706. The highest BCUT2D eigenvalue weighted by Gasteiger charge is 2.41. The number of halogens is 2. The van der Waals surface area contributed by atoms with Crippen molar-refractivity contribution in [1.82, 2.24) is 0 Å². The molecule has 2 aliphatic rings. The van der Waals surface area contributed by atoms with E-state index in [4.69, 9.17) is 27.9 Å². The Morgan fingerprint density at radius 1 is 1.11 bits per heavy atom. The van der Waals surface area contributed by atoms with E-state index >= 15 is 0 Å². The van der Waals surface area contributed by atoms with Gasteiger partial charge in [0.2, 0.25) is 0 Å². The van der Waals surface area contributed by atoms with Crippen LogP contribution in [-0.2, 0) is 9.53 Å². The molecule has 19 heavy (non-hydrogen) atoms. The molecule has 3 rings (SSSR count). The molecule has 0 amide bonds. The molecule has 1 fully saturated rings. The summed E-state index contributed by atoms with van der Waals surface area (Å²) in [5.74, 6) is -0.272. The lowest BCUT2D eigenvalue weighted by atomic mass is 9.84. The predicted octanol–water partition coefficient (Wildman–Crippen LogP) is 4.64. The molecule has 0 unspecified atom stereocenters. The van der Waals surface area contributed by atoms with E-state index in [0.29, 0.717) is 21.2 Å². The van der Waals surface area contributed by atoms with Crippen LogP contribution in [-0.4, -0.2) is 11.6 Å². The Labute approximate surface area is 122 Å². The van der Waals surface area contributed by atoms with Crippen molar-refractivity contribution in [3.8, 4) is 0 Å². The van der Waals surface area contributed by atoms with Gasteiger partial charge in [0, 0.05) is 10.6 Å². The van der Waals surface area contributed by atoms with Crippen LogP contribution in [0.25, 0.3) is 5.57 Å². The van der Waals surface area contributed by atoms with Crippen molar-refractivity contribution in [2.75, 3.05) is 0 Å². The van der Waals surface area contributed by atoms with Gasteiger partial charge in [0.15, 0.2) is 0 Å². The summed E-state index contributed by atoms with van der Waals surface area (Å²) in [6.07, 6.45) is 7.20. The maximum Gasteiger partial charge on any atom is 0.339 e. The van der Waals surface area contributed by atoms with Gasteiger partial charge < -0.3 is 4.74 Å². The summed E-state index contributed by atoms with van der Waals surface area (Å²) in [6.45, 7) is 0. The molecule has 0 radical (unpaired) electrons. The first-order chi connectivity index (χ1) is 9.10. The SMILES string of the molecule is O=C1OC2(C=C1c1ccc(Cl)cc1Cl)CCCCC2. The fraction of sp³-hybridized carbons (Fsp3) is 0.400. The minimum absolute atomic E-state index is 0.272. The Morgan fingerprint density at radius 3 is 2.53 bits per heavy atom. The fourth-order valence-corrected chi connectivity index (χ4v) is 3.39. The Kier molecular flexibility index (Phi) is 3.32. The zero-order valence-corrected chi connectivity index (χ0v) is 11.9. The average molecular weight is 297 g/mol. The summed E-state index contributed by atoms with van der Waals surface area (Å²) in [5.41, 5.74) is 0.884. The predicted molar refractivity (Wildman–Crippen MR) is 76.3 cm³/mol. The highest BCUT2D eigenvalue weighted by atomic mass is 35.5. The minimum Gasteiger partial charge on any atom is -0.451 e. The van der Waals surface area contributed by atoms with Crippen LogP contribution in [0, 0.1) is 0 Å². The Morgan fingerprint density at radius 2 is 1.84 bits per heavy atom. The first kappa shape index (κ1) is 13.0. The molecule has 1 aromatic carbocycles. The normalized spacial score (nSPS) is 21.4. The Balaban J connectivity index is 1.99. The third-order valence-corrected chi connectivity index (χ3v) is 4.39. The van der Waals surface area contributed by atoms with Crippen molar-refractivity contribution < 1.29 is 9.53 Å². The number of rotatable bonds is 1. The monoisotopic (exact) mass is 296 g/mol. The van der Waals surface area contributed by atoms with Gasteiger partial charge in [0.05, 0.1) is 10.6 Å². The second-order valence-electron chi connectivity index (χ2n) is 5.20. The number of benzene rings is 1. The number of carbonyl (C=O) groups is 1. The summed E-state index contributed by atoms with van der Waals surface area (Å²) >= 11 is 12.1. The smallest absolute Gasteiger partial charge is 0.339 e. The van der Waals surface area contributed by atoms with Crippen LogP contribution in [0.1, 0.15) is 37.7 Å². The van der Waals surface area contributed by atoms with Gasteiger partial charge in [-0.2, -0.15) is 0 Å². The van der Waals surface area contributed by atoms with Crippen LogP contribution in [0.3, 0.4) is 0 Å². The van der Waals surface area contributed by atoms with E-state index in [1.54, 1.807) is 18.2 Å². The zero-order chi connectivity index (χ0) is 13.5. The van der Waals surface area contributed by atoms with Crippen molar-refractivity contribution in [2.45, 2.75) is 37.7 Å². The van der Waals surface area contributed by atoms with E-state index in [1.807, 2.05) is 6.08 Å². The second kappa shape index (κ2) is 4.84. The number of ether oxygens (including phenoxy) is 1. The third-order valence-electron chi connectivity index (χ3n) is 3.84. The molecule has 1 spiro atoms. The van der Waals surface area contributed by atoms with Crippen LogP contribution in [0.15, 0.2) is 24.3 Å². The molecule has 4 heteroatoms. The lowest BCUT2D eigenvalue weighted by Crippen LogP contribution is -2.30. The number of carbonyl (C=O) groups excluding carboxylic acids is 1. The molecule has 0 aromatic heterocycles. The van der Waals surface area contributed by atoms with Gasteiger partial charge in [-0.1, -0.05) is 35.7 Å². The first-order valence-corrected chi connectivity index (χ1v) is 7.27. The number of hydrogen-bond donors (Lipinski definition) is 0. The van der Waals surface area contributed by atoms with Gasteiger partial charge in [0.25, 0.3) is 0 Å². The maximum atomic E-state index is 12.1. The van der Waals surface area contributed by atoms with Crippen LogP contribution in [0.4, 0.5) is 0 Å². The lowest BCUT2D eigenvalue weighted by Gasteiger charge is -2.30. The fourth-order valence-electron chi connectivity index (χ4n) is 2.88. The van der Waals surface area contributed by atoms with Crippen LogP contribution < -0.4 is 0 Å². The maximum absolute atomic E-state index is 12.1. The van der Waals surface area contributed by atoms with E-state index in [2.05, 4.69) is 0 Å². The van der Waals surface area contributed by atoms with Crippen LogP contribution in [0.5, 0.6) is 0 Å². The van der Waals surface area contributed by atoms with E-state index in [0.717, 1.165) is 25.7 Å². The van der Waals surface area contributed by atoms with E-state index < -0.39 is 5.60 Å². The lowest BCUT2D eigenvalue weighted by molar-refractivity contribution is -0.146. The van der Waals surface area contributed by atoms with Gasteiger partial charge in [-0.05, 0) is 43.9 Å². The molecule has 2 nitrogen and oxygen atoms in total. The summed E-state index contributed by atoms with van der Waals surface area (Å²) in [6, 6.07) is 5.17. The summed E-state index contributed by atoms with van der Waals surface area (Å²) in [5, 5.41) is 1.05. The summed E-state index contributed by atoms with van der Waals surface area (Å²) < 4.78 is 5.62. The molecule has 0 N–H and O–H groups in total. The second-order valence-corrected chi connectivity index (χ2v) is 6.04. The molecule has 1 saturated carbocycles. The highest BCUT2D eigenvalue weighted by Crippen LogP contribution is 2.42. The Hall–Kier alpha value is -0.990. The molecule has 0 bridgehead atoms. The van der Waals surface area contributed by atoms with Gasteiger partial charge in [0.1, 0.15) is 5.60 Å². The van der Waals surface area contributed by atoms with Gasteiger partial charge in [-0.3, -0.25) is 0 Å². The van der Waals surface area contributed by atoms with Crippen molar-refractivity contribution in [2.24, 2.45) is 0 Å². The number of hydrogen-bond acceptors (Lipinski definition) is 2. The molecule has 1 aliphatic carbocycles. The van der Waals surface area contributed by atoms with Crippen molar-refractivity contribution in [3.05, 3.63) is 39.9 Å². The molecule has 100 valence electrons. The largest absolute Gasteiger partial charge is 0.451 e. The minimum atomic E-state index is -0.395. The van der Waals surface area contributed by atoms with Crippen LogP contribution in [0.2, 0.25) is 10.0 Å². The molecule has 0 saturated heterocycles. The van der Waals surface area contributed by atoms with E-state index in [1.165, 1.54) is 6.42 Å². The topological polar surface area (TPSA) is 26.3 Å². The molecule has 1 heterocycles. The third kappa shape index (κ3) is 2.39.